The van der Waals surface area contributed by atoms with Gasteiger partial charge in [0.15, 0.2) is 5.78 Å². The van der Waals surface area contributed by atoms with Crippen molar-refractivity contribution in [3.8, 4) is 11.5 Å². The van der Waals surface area contributed by atoms with Crippen molar-refractivity contribution >= 4 is 35.0 Å². The lowest BCUT2D eigenvalue weighted by Gasteiger charge is -2.34. The highest BCUT2D eigenvalue weighted by Crippen LogP contribution is 2.34. The van der Waals surface area contributed by atoms with E-state index in [4.69, 9.17) is 14.5 Å². The molecule has 0 spiro atoms. The summed E-state index contributed by atoms with van der Waals surface area (Å²) in [5, 5.41) is 3.29. The van der Waals surface area contributed by atoms with Gasteiger partial charge in [-0.15, -0.1) is 0 Å². The topological polar surface area (TPSA) is 103 Å². The molecule has 2 aliphatic heterocycles. The van der Waals surface area contributed by atoms with Crippen LogP contribution in [0.1, 0.15) is 23.6 Å². The van der Waals surface area contributed by atoms with Crippen LogP contribution in [0.25, 0.3) is 0 Å². The molecule has 2 aromatic carbocycles. The molecule has 2 aliphatic rings. The molecule has 0 unspecified atom stereocenters. The molecule has 0 atom stereocenters. The lowest BCUT2D eigenvalue weighted by Crippen LogP contribution is -2.46. The Kier molecular flexibility index (Phi) is 9.22. The van der Waals surface area contributed by atoms with E-state index in [0.29, 0.717) is 29.0 Å². The Balaban J connectivity index is 1.37. The van der Waals surface area contributed by atoms with Gasteiger partial charge >= 0.3 is 6.03 Å². The number of fused-ring (bicyclic) bond motifs is 1. The molecule has 226 valence electrons. The lowest BCUT2D eigenvalue weighted by molar-refractivity contribution is -0.114. The Hall–Kier alpha value is -4.48. The highest BCUT2D eigenvalue weighted by molar-refractivity contribution is 6.05. The first kappa shape index (κ1) is 30.0. The molecule has 2 amide bonds. The summed E-state index contributed by atoms with van der Waals surface area (Å²) in [6.45, 7) is 12.2. The average molecular weight is 586 g/mol. The van der Waals surface area contributed by atoms with Gasteiger partial charge in [-0.05, 0) is 29.8 Å². The lowest BCUT2D eigenvalue weighted by atomic mass is 10.0. The summed E-state index contributed by atoms with van der Waals surface area (Å²) >= 11 is 0. The fourth-order valence-corrected chi connectivity index (χ4v) is 5.44. The minimum absolute atomic E-state index is 0.0669. The van der Waals surface area contributed by atoms with Crippen LogP contribution in [0.4, 0.5) is 27.9 Å². The van der Waals surface area contributed by atoms with Crippen LogP contribution in [0.5, 0.6) is 11.5 Å². The summed E-state index contributed by atoms with van der Waals surface area (Å²) in [5.41, 5.74) is 4.16. The van der Waals surface area contributed by atoms with Crippen molar-refractivity contribution in [2.75, 3.05) is 69.1 Å². The van der Waals surface area contributed by atoms with Crippen molar-refractivity contribution in [1.29, 1.82) is 0 Å². The maximum atomic E-state index is 13.4. The molecule has 0 radical (unpaired) electrons. The zero-order chi connectivity index (χ0) is 30.5. The summed E-state index contributed by atoms with van der Waals surface area (Å²) in [7, 11) is 4.83. The van der Waals surface area contributed by atoms with Crippen LogP contribution in [0.3, 0.4) is 0 Å². The van der Waals surface area contributed by atoms with E-state index in [-0.39, 0.29) is 24.8 Å². The average Bonchev–Trinajstić information content (AvgIpc) is 3.04. The van der Waals surface area contributed by atoms with Crippen molar-refractivity contribution in [2.24, 2.45) is 0 Å². The first-order chi connectivity index (χ1) is 20.8. The predicted molar refractivity (Wildman–Crippen MR) is 168 cm³/mol. The van der Waals surface area contributed by atoms with Gasteiger partial charge in [-0.25, -0.2) is 9.78 Å². The number of aromatic nitrogens is 2. The van der Waals surface area contributed by atoms with Gasteiger partial charge in [-0.2, -0.15) is 4.98 Å². The molecule has 11 nitrogen and oxygen atoms in total. The molecule has 1 saturated heterocycles. The summed E-state index contributed by atoms with van der Waals surface area (Å²) in [6, 6.07) is 11.2. The molecule has 0 saturated carbocycles. The van der Waals surface area contributed by atoms with Gasteiger partial charge in [-0.3, -0.25) is 19.5 Å². The van der Waals surface area contributed by atoms with Crippen molar-refractivity contribution in [1.82, 2.24) is 19.8 Å². The largest absolute Gasteiger partial charge is 0.497 e. The number of carbonyl (C=O) groups excluding carboxylic acids is 2. The van der Waals surface area contributed by atoms with Gasteiger partial charge in [0.05, 0.1) is 26.5 Å². The standard InChI is InChI=1S/C32H39N7O4/c1-6-26(40)15-23-14-22(20-38-12-10-37(7-2)11-13-38)8-9-29(23)34-31-33-19-24-21-39(32(41)36(3)30(24)35-31)25-16-27(42-4)18-28(17-25)43-5/h6,8-9,14,16-19H,1,7,10-13,15,20-21H2,2-5H3,(H,33,34,35). The number of carbonyl (C=O) groups is 2. The summed E-state index contributed by atoms with van der Waals surface area (Å²) in [5.74, 6) is 1.96. The van der Waals surface area contributed by atoms with E-state index in [1.54, 1.807) is 50.6 Å². The van der Waals surface area contributed by atoms with Crippen LogP contribution < -0.4 is 24.6 Å². The second-order valence-corrected chi connectivity index (χ2v) is 10.7. The van der Waals surface area contributed by atoms with Crippen LogP contribution in [-0.2, 0) is 24.3 Å². The number of nitrogens with one attached hydrogen (secondary N) is 1. The number of methoxy groups -OCH3 is 2. The molecular weight excluding hydrogens is 546 g/mol. The molecule has 3 aromatic rings. The van der Waals surface area contributed by atoms with Crippen molar-refractivity contribution in [3.05, 3.63) is 71.9 Å². The normalized spacial score (nSPS) is 15.7. The second-order valence-electron chi connectivity index (χ2n) is 10.7. The third-order valence-electron chi connectivity index (χ3n) is 7.98. The van der Waals surface area contributed by atoms with Gasteiger partial charge < -0.3 is 19.7 Å². The first-order valence-electron chi connectivity index (χ1n) is 14.4. The van der Waals surface area contributed by atoms with Crippen LogP contribution in [-0.4, -0.2) is 85.6 Å². The van der Waals surface area contributed by atoms with Gasteiger partial charge in [0.2, 0.25) is 5.95 Å². The molecule has 5 rings (SSSR count). The molecule has 43 heavy (non-hydrogen) atoms. The van der Waals surface area contributed by atoms with Crippen molar-refractivity contribution in [2.45, 2.75) is 26.4 Å². The molecule has 0 aliphatic carbocycles. The van der Waals surface area contributed by atoms with E-state index in [0.717, 1.165) is 61.6 Å². The number of ketones is 1. The Morgan fingerprint density at radius 1 is 1.05 bits per heavy atom. The molecular formula is C32H39N7O4. The van der Waals surface area contributed by atoms with Gasteiger partial charge in [0, 0.05) is 81.8 Å². The van der Waals surface area contributed by atoms with E-state index in [1.807, 2.05) is 6.07 Å². The molecule has 1 fully saturated rings. The summed E-state index contributed by atoms with van der Waals surface area (Å²) in [4.78, 5) is 43.1. The van der Waals surface area contributed by atoms with Crippen LogP contribution in [0.15, 0.2) is 55.3 Å². The zero-order valence-electron chi connectivity index (χ0n) is 25.3. The molecule has 11 heteroatoms. The maximum absolute atomic E-state index is 13.4. The van der Waals surface area contributed by atoms with E-state index in [1.165, 1.54) is 11.0 Å². The number of allylic oxidation sites excluding steroid dienone is 1. The van der Waals surface area contributed by atoms with E-state index in [2.05, 4.69) is 45.7 Å². The maximum Gasteiger partial charge on any atom is 0.330 e. The van der Waals surface area contributed by atoms with Crippen LogP contribution >= 0.6 is 0 Å². The Morgan fingerprint density at radius 2 is 1.74 bits per heavy atom. The van der Waals surface area contributed by atoms with Crippen LogP contribution in [0.2, 0.25) is 0 Å². The number of rotatable bonds is 11. The van der Waals surface area contributed by atoms with E-state index in [9.17, 15) is 9.59 Å². The molecule has 0 bridgehead atoms. The summed E-state index contributed by atoms with van der Waals surface area (Å²) < 4.78 is 10.8. The quantitative estimate of drug-likeness (QED) is 0.331. The van der Waals surface area contributed by atoms with Gasteiger partial charge in [0.25, 0.3) is 0 Å². The highest BCUT2D eigenvalue weighted by Gasteiger charge is 2.31. The molecule has 1 N–H and O–H groups in total. The van der Waals surface area contributed by atoms with E-state index >= 15 is 0 Å². The van der Waals surface area contributed by atoms with Gasteiger partial charge in [0.1, 0.15) is 17.3 Å². The highest BCUT2D eigenvalue weighted by atomic mass is 16.5. The van der Waals surface area contributed by atoms with Gasteiger partial charge in [-0.1, -0.05) is 25.6 Å². The number of amides is 2. The smallest absolute Gasteiger partial charge is 0.330 e. The molecule has 3 heterocycles. The Labute approximate surface area is 252 Å². The number of anilines is 4. The predicted octanol–water partition coefficient (Wildman–Crippen LogP) is 4.25. The zero-order valence-corrected chi connectivity index (χ0v) is 25.3. The number of likely N-dealkylation sites (N-methyl/N-ethyl adjacent to an activating group) is 1. The number of hydrogen-bond acceptors (Lipinski definition) is 9. The summed E-state index contributed by atoms with van der Waals surface area (Å²) in [6.07, 6.45) is 3.28. The number of nitrogens with zero attached hydrogens (tertiary/aromatic N) is 6. The minimum Gasteiger partial charge on any atom is -0.497 e. The van der Waals surface area contributed by atoms with Crippen LogP contribution in [0, 0.1) is 0 Å². The Bertz CT molecular complexity index is 1480. The first-order valence-corrected chi connectivity index (χ1v) is 14.4. The molecule has 1 aromatic heterocycles. The third kappa shape index (κ3) is 6.79. The SMILES string of the molecule is C=CC(=O)Cc1cc(CN2CCN(CC)CC2)ccc1Nc1ncc2c(n1)N(C)C(=O)N(c1cc(OC)cc(OC)c1)C2. The van der Waals surface area contributed by atoms with Crippen molar-refractivity contribution < 1.29 is 19.1 Å². The Morgan fingerprint density at radius 3 is 2.40 bits per heavy atom. The van der Waals surface area contributed by atoms with Crippen molar-refractivity contribution in [3.63, 3.8) is 0 Å². The number of urea groups is 1. The second kappa shape index (κ2) is 13.2. The monoisotopic (exact) mass is 585 g/mol. The number of ether oxygens (including phenoxy) is 2. The minimum atomic E-state index is -0.242. The number of piperazine rings is 1. The number of benzene rings is 2. The fourth-order valence-electron chi connectivity index (χ4n) is 5.44. The van der Waals surface area contributed by atoms with E-state index < -0.39 is 0 Å². The third-order valence-corrected chi connectivity index (χ3v) is 7.98. The fraction of sp³-hybridized carbons (Fsp3) is 0.375. The number of hydrogen-bond donors (Lipinski definition) is 1.